The Morgan fingerprint density at radius 1 is 1.06 bits per heavy atom. The van der Waals surface area contributed by atoms with Crippen LogP contribution in [0.2, 0.25) is 0 Å². The van der Waals surface area contributed by atoms with Gasteiger partial charge in [-0.15, -0.1) is 0 Å². The Morgan fingerprint density at radius 3 is 2.25 bits per heavy atom. The van der Waals surface area contributed by atoms with E-state index in [9.17, 15) is 14.4 Å². The fraction of sp³-hybridized carbons (Fsp3) is 0.407. The first-order chi connectivity index (χ1) is 17.1. The molecule has 0 saturated carbocycles. The Morgan fingerprint density at radius 2 is 1.67 bits per heavy atom. The maximum Gasteiger partial charge on any atom is 0.408 e. The van der Waals surface area contributed by atoms with Crippen molar-refractivity contribution < 1.29 is 23.9 Å². The summed E-state index contributed by atoms with van der Waals surface area (Å²) >= 11 is 0. The van der Waals surface area contributed by atoms with Crippen molar-refractivity contribution >= 4 is 23.8 Å². The van der Waals surface area contributed by atoms with Gasteiger partial charge in [-0.25, -0.2) is 9.80 Å². The van der Waals surface area contributed by atoms with Gasteiger partial charge in [-0.1, -0.05) is 60.7 Å². The van der Waals surface area contributed by atoms with E-state index in [1.165, 1.54) is 5.01 Å². The number of esters is 1. The highest BCUT2D eigenvalue weighted by Crippen LogP contribution is 2.15. The van der Waals surface area contributed by atoms with E-state index in [1.807, 2.05) is 60.7 Å². The molecule has 0 spiro atoms. The molecular weight excluding hydrogens is 460 g/mol. The van der Waals surface area contributed by atoms with Crippen LogP contribution in [-0.2, 0) is 31.9 Å². The first-order valence-corrected chi connectivity index (χ1v) is 12.0. The molecule has 3 rings (SSSR count). The Labute approximate surface area is 211 Å². The second-order valence-corrected chi connectivity index (χ2v) is 9.45. The third kappa shape index (κ3) is 8.11. The molecule has 0 unspecified atom stereocenters. The molecule has 9 heteroatoms. The van der Waals surface area contributed by atoms with Gasteiger partial charge in [0.1, 0.15) is 24.0 Å². The van der Waals surface area contributed by atoms with Crippen molar-refractivity contribution in [1.29, 1.82) is 0 Å². The highest BCUT2D eigenvalue weighted by atomic mass is 16.6. The zero-order valence-electron chi connectivity index (χ0n) is 21.2. The van der Waals surface area contributed by atoms with Gasteiger partial charge >= 0.3 is 12.1 Å². The summed E-state index contributed by atoms with van der Waals surface area (Å²) in [5.41, 5.74) is 4.15. The third-order valence-corrected chi connectivity index (χ3v) is 5.26. The number of rotatable bonds is 9. The minimum atomic E-state index is -0.781. The molecular formula is C27H34N4O5. The predicted octanol–water partition coefficient (Wildman–Crippen LogP) is 3.04. The second-order valence-electron chi connectivity index (χ2n) is 9.45. The average molecular weight is 495 g/mol. The Balaban J connectivity index is 1.93. The molecule has 0 bridgehead atoms. The molecule has 1 aliphatic heterocycles. The van der Waals surface area contributed by atoms with E-state index < -0.39 is 29.7 Å². The van der Waals surface area contributed by atoms with Gasteiger partial charge in [0.2, 0.25) is 0 Å². The van der Waals surface area contributed by atoms with E-state index in [-0.39, 0.29) is 19.1 Å². The maximum atomic E-state index is 13.2. The molecule has 0 radical (unpaired) electrons. The fourth-order valence-corrected chi connectivity index (χ4v) is 3.73. The molecule has 2 aromatic carbocycles. The largest absolute Gasteiger partial charge is 0.465 e. The number of amidine groups is 1. The number of nitrogens with zero attached hydrogens (tertiary/aromatic N) is 2. The van der Waals surface area contributed by atoms with Crippen molar-refractivity contribution in [1.82, 2.24) is 15.8 Å². The van der Waals surface area contributed by atoms with Crippen LogP contribution in [0.3, 0.4) is 0 Å². The van der Waals surface area contributed by atoms with Crippen LogP contribution in [0, 0.1) is 0 Å². The van der Waals surface area contributed by atoms with Crippen molar-refractivity contribution in [3.8, 4) is 0 Å². The van der Waals surface area contributed by atoms with Crippen LogP contribution in [0.4, 0.5) is 4.79 Å². The summed E-state index contributed by atoms with van der Waals surface area (Å²) in [6, 6.07) is 17.7. The number of hydrazine groups is 1. The summed E-state index contributed by atoms with van der Waals surface area (Å²) in [6.07, 6.45) is 0.126. The molecule has 0 aromatic heterocycles. The third-order valence-electron chi connectivity index (χ3n) is 5.26. The Kier molecular flexibility index (Phi) is 9.05. The molecule has 2 amide bonds. The van der Waals surface area contributed by atoms with Gasteiger partial charge in [0.25, 0.3) is 5.91 Å². The average Bonchev–Trinajstić information content (AvgIpc) is 2.81. The molecule has 1 aliphatic rings. The van der Waals surface area contributed by atoms with Crippen LogP contribution < -0.4 is 10.7 Å². The number of hydrogen-bond acceptors (Lipinski definition) is 7. The van der Waals surface area contributed by atoms with E-state index >= 15 is 0 Å². The summed E-state index contributed by atoms with van der Waals surface area (Å²) in [4.78, 5) is 42.9. The van der Waals surface area contributed by atoms with Crippen molar-refractivity contribution in [2.45, 2.75) is 58.2 Å². The minimum absolute atomic E-state index is 0.200. The lowest BCUT2D eigenvalue weighted by Gasteiger charge is -2.35. The van der Waals surface area contributed by atoms with Crippen molar-refractivity contribution in [3.63, 3.8) is 0 Å². The van der Waals surface area contributed by atoms with Crippen LogP contribution in [0.5, 0.6) is 0 Å². The molecule has 192 valence electrons. The molecule has 0 saturated heterocycles. The molecule has 1 heterocycles. The standard InChI is InChI=1S/C27H34N4O5/c1-5-35-23(32)18-31-25(33)22(17-20-14-10-7-11-15-20)28-24(30-31)21(16-19-12-8-6-9-13-19)29-26(34)36-27(2,3)4/h6-15,21-22H,5,16-18H2,1-4H3,(H,28,30)(H,29,34)/t21-,22-/m0/s1. The van der Waals surface area contributed by atoms with Gasteiger partial charge in [-0.3, -0.25) is 20.0 Å². The number of aliphatic imine (C=N–C) groups is 1. The zero-order chi connectivity index (χ0) is 26.1. The number of alkyl carbamates (subject to hydrolysis) is 1. The van der Waals surface area contributed by atoms with E-state index in [2.05, 4.69) is 10.7 Å². The Bertz CT molecular complexity index is 1070. The van der Waals surface area contributed by atoms with Crippen molar-refractivity contribution in [2.24, 2.45) is 4.99 Å². The summed E-state index contributed by atoms with van der Waals surface area (Å²) in [7, 11) is 0. The van der Waals surface area contributed by atoms with Crippen molar-refractivity contribution in [2.75, 3.05) is 13.2 Å². The number of amides is 2. The first-order valence-electron chi connectivity index (χ1n) is 12.0. The maximum absolute atomic E-state index is 13.2. The summed E-state index contributed by atoms with van der Waals surface area (Å²) in [5, 5.41) is 4.09. The van der Waals surface area contributed by atoms with Gasteiger partial charge in [-0.05, 0) is 38.8 Å². The predicted molar refractivity (Wildman–Crippen MR) is 136 cm³/mol. The highest BCUT2D eigenvalue weighted by Gasteiger charge is 2.35. The topological polar surface area (TPSA) is 109 Å². The molecule has 2 N–H and O–H groups in total. The fourth-order valence-electron chi connectivity index (χ4n) is 3.73. The number of hydrogen-bond donors (Lipinski definition) is 2. The summed E-state index contributed by atoms with van der Waals surface area (Å²) < 4.78 is 10.5. The van der Waals surface area contributed by atoms with Crippen LogP contribution in [-0.4, -0.2) is 59.7 Å². The number of ether oxygens (including phenoxy) is 2. The molecule has 9 nitrogen and oxygen atoms in total. The molecule has 2 aromatic rings. The van der Waals surface area contributed by atoms with Crippen LogP contribution in [0.25, 0.3) is 0 Å². The van der Waals surface area contributed by atoms with Gasteiger partial charge in [0.05, 0.1) is 12.6 Å². The zero-order valence-corrected chi connectivity index (χ0v) is 21.2. The normalized spacial score (nSPS) is 16.4. The van der Waals surface area contributed by atoms with Crippen LogP contribution >= 0.6 is 0 Å². The first kappa shape index (κ1) is 26.7. The van der Waals surface area contributed by atoms with E-state index in [0.29, 0.717) is 18.7 Å². The number of nitrogens with one attached hydrogen (secondary N) is 2. The number of benzene rings is 2. The van der Waals surface area contributed by atoms with Gasteiger partial charge in [-0.2, -0.15) is 0 Å². The lowest BCUT2D eigenvalue weighted by atomic mass is 10.0. The summed E-state index contributed by atoms with van der Waals surface area (Å²) in [6.45, 7) is 6.96. The molecule has 0 fully saturated rings. The smallest absolute Gasteiger partial charge is 0.408 e. The number of carbonyl (C=O) groups is 3. The summed E-state index contributed by atoms with van der Waals surface area (Å²) in [5.74, 6) is -0.543. The monoisotopic (exact) mass is 494 g/mol. The molecule has 36 heavy (non-hydrogen) atoms. The van der Waals surface area contributed by atoms with Crippen LogP contribution in [0.15, 0.2) is 65.7 Å². The SMILES string of the molecule is CCOC(=O)CN1NC([C@H](Cc2ccccc2)NC(=O)OC(C)(C)C)=N[C@@H](Cc2ccccc2)C1=O. The quantitative estimate of drug-likeness (QED) is 0.519. The lowest BCUT2D eigenvalue weighted by Crippen LogP contribution is -2.62. The van der Waals surface area contributed by atoms with E-state index in [0.717, 1.165) is 11.1 Å². The minimum Gasteiger partial charge on any atom is -0.465 e. The van der Waals surface area contributed by atoms with Crippen LogP contribution in [0.1, 0.15) is 38.8 Å². The van der Waals surface area contributed by atoms with Gasteiger partial charge < -0.3 is 14.8 Å². The van der Waals surface area contributed by atoms with Crippen molar-refractivity contribution in [3.05, 3.63) is 71.8 Å². The number of carbonyl (C=O) groups excluding carboxylic acids is 3. The van der Waals surface area contributed by atoms with E-state index in [1.54, 1.807) is 27.7 Å². The van der Waals surface area contributed by atoms with E-state index in [4.69, 9.17) is 14.5 Å². The highest BCUT2D eigenvalue weighted by molar-refractivity contribution is 5.98. The lowest BCUT2D eigenvalue weighted by molar-refractivity contribution is -0.151. The molecule has 2 atom stereocenters. The van der Waals surface area contributed by atoms with Gasteiger partial charge in [0, 0.05) is 12.8 Å². The molecule has 0 aliphatic carbocycles. The Hall–Kier alpha value is -3.88. The van der Waals surface area contributed by atoms with Gasteiger partial charge in [0.15, 0.2) is 0 Å². The second kappa shape index (κ2) is 12.2.